The summed E-state index contributed by atoms with van der Waals surface area (Å²) >= 11 is 5.18. The van der Waals surface area contributed by atoms with Crippen molar-refractivity contribution in [2.24, 2.45) is 0 Å². The average molecular weight is 187 g/mol. The lowest BCUT2D eigenvalue weighted by atomic mass is 10.1. The van der Waals surface area contributed by atoms with Crippen LogP contribution in [-0.2, 0) is 4.79 Å². The molecule has 0 aliphatic heterocycles. The molecule has 0 heterocycles. The first kappa shape index (κ1) is 11.4. The Kier molecular flexibility index (Phi) is 5.73. The van der Waals surface area contributed by atoms with Gasteiger partial charge in [-0.1, -0.05) is 17.2 Å². The normalized spacial score (nSPS) is 11.2. The van der Waals surface area contributed by atoms with E-state index in [1.807, 2.05) is 6.92 Å². The summed E-state index contributed by atoms with van der Waals surface area (Å²) in [5.41, 5.74) is 2.34. The maximum atomic E-state index is 10.4. The van der Waals surface area contributed by atoms with E-state index in [1.165, 1.54) is 11.6 Å². The van der Waals surface area contributed by atoms with E-state index in [0.717, 1.165) is 18.4 Å². The summed E-state index contributed by atoms with van der Waals surface area (Å²) in [6.07, 6.45) is 5.51. The number of hydrogen-bond donors (Lipinski definition) is 0. The quantitative estimate of drug-likeness (QED) is 0.374. The van der Waals surface area contributed by atoms with E-state index in [0.29, 0.717) is 0 Å². The van der Waals surface area contributed by atoms with E-state index in [1.54, 1.807) is 0 Å². The molecule has 2 heteroatoms. The maximum Gasteiger partial charge on any atom is 0.245 e. The minimum Gasteiger partial charge on any atom is -0.276 e. The van der Waals surface area contributed by atoms with Crippen molar-refractivity contribution >= 4 is 16.8 Å². The highest BCUT2D eigenvalue weighted by Crippen LogP contribution is 2.06. The van der Waals surface area contributed by atoms with Crippen LogP contribution in [0.4, 0.5) is 0 Å². The van der Waals surface area contributed by atoms with Gasteiger partial charge in [-0.2, -0.15) is 0 Å². The third-order valence-corrected chi connectivity index (χ3v) is 1.56. The largest absolute Gasteiger partial charge is 0.276 e. The highest BCUT2D eigenvalue weighted by molar-refractivity contribution is 6.66. The highest BCUT2D eigenvalue weighted by atomic mass is 35.5. The van der Waals surface area contributed by atoms with Gasteiger partial charge in [-0.25, -0.2) is 0 Å². The summed E-state index contributed by atoms with van der Waals surface area (Å²) < 4.78 is 0. The van der Waals surface area contributed by atoms with Crippen LogP contribution >= 0.6 is 11.6 Å². The van der Waals surface area contributed by atoms with Gasteiger partial charge in [-0.05, 0) is 51.3 Å². The van der Waals surface area contributed by atoms with E-state index in [4.69, 9.17) is 11.6 Å². The summed E-state index contributed by atoms with van der Waals surface area (Å²) in [5, 5.41) is -0.385. The fraction of sp³-hybridized carbons (Fsp3) is 0.500. The summed E-state index contributed by atoms with van der Waals surface area (Å²) in [4.78, 5) is 10.4. The lowest BCUT2D eigenvalue weighted by Crippen LogP contribution is -1.82. The van der Waals surface area contributed by atoms with Crippen molar-refractivity contribution in [2.75, 3.05) is 0 Å². The van der Waals surface area contributed by atoms with Crippen LogP contribution in [-0.4, -0.2) is 5.24 Å². The molecule has 0 fully saturated rings. The van der Waals surface area contributed by atoms with Gasteiger partial charge in [0.1, 0.15) is 0 Å². The van der Waals surface area contributed by atoms with Crippen LogP contribution < -0.4 is 0 Å². The molecule has 0 unspecified atom stereocenters. The number of carbonyl (C=O) groups excluding carboxylic acids is 1. The van der Waals surface area contributed by atoms with Crippen LogP contribution in [0.2, 0.25) is 0 Å². The molecule has 68 valence electrons. The van der Waals surface area contributed by atoms with Gasteiger partial charge in [-0.15, -0.1) is 0 Å². The first-order valence-electron chi connectivity index (χ1n) is 4.02. The summed E-state index contributed by atoms with van der Waals surface area (Å²) in [7, 11) is 0. The number of hydrogen-bond acceptors (Lipinski definition) is 1. The van der Waals surface area contributed by atoms with Gasteiger partial charge >= 0.3 is 0 Å². The number of halogens is 1. The van der Waals surface area contributed by atoms with Crippen molar-refractivity contribution in [1.29, 1.82) is 0 Å². The number of rotatable bonds is 4. The van der Waals surface area contributed by atoms with Crippen LogP contribution in [0.3, 0.4) is 0 Å². The SMILES string of the molecule is CC(C)=CCC/C(C)=C\C(=O)Cl. The van der Waals surface area contributed by atoms with Gasteiger partial charge in [0, 0.05) is 0 Å². The Labute approximate surface area is 79.1 Å². The van der Waals surface area contributed by atoms with E-state index in [2.05, 4.69) is 19.9 Å². The van der Waals surface area contributed by atoms with Crippen molar-refractivity contribution in [1.82, 2.24) is 0 Å². The van der Waals surface area contributed by atoms with Gasteiger partial charge in [0.2, 0.25) is 5.24 Å². The summed E-state index contributed by atoms with van der Waals surface area (Å²) in [6.45, 7) is 6.04. The van der Waals surface area contributed by atoms with E-state index in [9.17, 15) is 4.79 Å². The van der Waals surface area contributed by atoms with Crippen molar-refractivity contribution in [3.05, 3.63) is 23.3 Å². The lowest BCUT2D eigenvalue weighted by molar-refractivity contribution is -0.107. The maximum absolute atomic E-state index is 10.4. The Morgan fingerprint density at radius 1 is 1.33 bits per heavy atom. The first-order valence-corrected chi connectivity index (χ1v) is 4.40. The minimum atomic E-state index is -0.385. The lowest BCUT2D eigenvalue weighted by Gasteiger charge is -1.95. The standard InChI is InChI=1S/C10H15ClO/c1-8(2)5-4-6-9(3)7-10(11)12/h5,7H,4,6H2,1-3H3/b9-7-. The highest BCUT2D eigenvalue weighted by Gasteiger charge is 1.92. The fourth-order valence-electron chi connectivity index (χ4n) is 0.854. The van der Waals surface area contributed by atoms with Gasteiger partial charge in [0.25, 0.3) is 0 Å². The molecule has 0 aromatic carbocycles. The first-order chi connectivity index (χ1) is 5.52. The molecular formula is C10H15ClO. The van der Waals surface area contributed by atoms with Gasteiger partial charge < -0.3 is 0 Å². The van der Waals surface area contributed by atoms with Gasteiger partial charge in [-0.3, -0.25) is 4.79 Å². The van der Waals surface area contributed by atoms with Gasteiger partial charge in [0.05, 0.1) is 0 Å². The Morgan fingerprint density at radius 2 is 1.92 bits per heavy atom. The summed E-state index contributed by atoms with van der Waals surface area (Å²) in [6, 6.07) is 0. The molecule has 0 spiro atoms. The molecule has 0 aromatic heterocycles. The third-order valence-electron chi connectivity index (χ3n) is 1.45. The van der Waals surface area contributed by atoms with Crippen molar-refractivity contribution in [3.63, 3.8) is 0 Å². The second-order valence-corrected chi connectivity index (χ2v) is 3.49. The van der Waals surface area contributed by atoms with Crippen molar-refractivity contribution in [3.8, 4) is 0 Å². The van der Waals surface area contributed by atoms with Crippen molar-refractivity contribution < 1.29 is 4.79 Å². The number of allylic oxidation sites excluding steroid dienone is 4. The minimum absolute atomic E-state index is 0.385. The van der Waals surface area contributed by atoms with Crippen LogP contribution in [0.25, 0.3) is 0 Å². The molecular weight excluding hydrogens is 172 g/mol. The molecule has 0 bridgehead atoms. The Balaban J connectivity index is 3.79. The molecule has 0 saturated heterocycles. The molecule has 12 heavy (non-hydrogen) atoms. The van der Waals surface area contributed by atoms with E-state index < -0.39 is 0 Å². The van der Waals surface area contributed by atoms with Crippen LogP contribution in [0, 0.1) is 0 Å². The van der Waals surface area contributed by atoms with E-state index in [-0.39, 0.29) is 5.24 Å². The predicted molar refractivity (Wildman–Crippen MR) is 53.3 cm³/mol. The van der Waals surface area contributed by atoms with Crippen LogP contribution in [0.1, 0.15) is 33.6 Å². The average Bonchev–Trinajstić information content (AvgIpc) is 1.84. The topological polar surface area (TPSA) is 17.1 Å². The fourth-order valence-corrected chi connectivity index (χ4v) is 1.04. The molecule has 0 N–H and O–H groups in total. The Morgan fingerprint density at radius 3 is 2.33 bits per heavy atom. The van der Waals surface area contributed by atoms with E-state index >= 15 is 0 Å². The third kappa shape index (κ3) is 7.55. The molecule has 0 aliphatic carbocycles. The van der Waals surface area contributed by atoms with Crippen LogP contribution in [0.15, 0.2) is 23.3 Å². The Hall–Kier alpha value is -0.560. The van der Waals surface area contributed by atoms with Crippen LogP contribution in [0.5, 0.6) is 0 Å². The second-order valence-electron chi connectivity index (χ2n) is 3.11. The molecule has 0 radical (unpaired) electrons. The smallest absolute Gasteiger partial charge is 0.245 e. The number of carbonyl (C=O) groups is 1. The zero-order chi connectivity index (χ0) is 9.56. The predicted octanol–water partition coefficient (Wildman–Crippen LogP) is 3.44. The molecule has 0 atom stereocenters. The zero-order valence-electron chi connectivity index (χ0n) is 7.86. The zero-order valence-corrected chi connectivity index (χ0v) is 8.61. The molecule has 0 rings (SSSR count). The molecule has 0 saturated carbocycles. The molecule has 0 aliphatic rings. The molecule has 0 amide bonds. The van der Waals surface area contributed by atoms with Crippen molar-refractivity contribution in [2.45, 2.75) is 33.6 Å². The van der Waals surface area contributed by atoms with Gasteiger partial charge in [0.15, 0.2) is 0 Å². The molecule has 1 nitrogen and oxygen atoms in total. The Bertz CT molecular complexity index is 210. The second kappa shape index (κ2) is 6.01. The monoisotopic (exact) mass is 186 g/mol. The molecule has 0 aromatic rings. The summed E-state index contributed by atoms with van der Waals surface area (Å²) in [5.74, 6) is 0.